The van der Waals surface area contributed by atoms with E-state index in [1.807, 2.05) is 17.1 Å². The van der Waals surface area contributed by atoms with Crippen LogP contribution in [0, 0.1) is 5.92 Å². The van der Waals surface area contributed by atoms with E-state index in [-0.39, 0.29) is 30.0 Å². The van der Waals surface area contributed by atoms with Crippen molar-refractivity contribution in [2.75, 3.05) is 11.9 Å². The molecule has 1 aromatic carbocycles. The zero-order valence-electron chi connectivity index (χ0n) is 25.2. The van der Waals surface area contributed by atoms with Crippen LogP contribution >= 0.6 is 0 Å². The number of hydrogen-bond acceptors (Lipinski definition) is 8. The summed E-state index contributed by atoms with van der Waals surface area (Å²) in [6.45, 7) is 4.99. The van der Waals surface area contributed by atoms with Crippen LogP contribution in [0.4, 0.5) is 5.69 Å². The van der Waals surface area contributed by atoms with E-state index in [4.69, 9.17) is 10.1 Å². The molecule has 1 atom stereocenters. The molecule has 12 heteroatoms. The Morgan fingerprint density at radius 2 is 1.78 bits per heavy atom. The number of benzene rings is 1. The number of piperidine rings is 1. The highest BCUT2D eigenvalue weighted by molar-refractivity contribution is 6.23. The van der Waals surface area contributed by atoms with E-state index in [0.717, 1.165) is 70.7 Å². The van der Waals surface area contributed by atoms with Crippen LogP contribution in [-0.4, -0.2) is 65.7 Å². The number of amides is 4. The third-order valence-electron chi connectivity index (χ3n) is 9.59. The summed E-state index contributed by atoms with van der Waals surface area (Å²) in [5.41, 5.74) is 5.59. The van der Waals surface area contributed by atoms with Gasteiger partial charge in [-0.15, -0.1) is 0 Å². The third-order valence-corrected chi connectivity index (χ3v) is 9.59. The predicted molar refractivity (Wildman–Crippen MR) is 164 cm³/mol. The molecule has 5 heterocycles. The highest BCUT2D eigenvalue weighted by atomic mass is 16.2. The van der Waals surface area contributed by atoms with Crippen LogP contribution in [-0.2, 0) is 9.59 Å². The Morgan fingerprint density at radius 3 is 2.53 bits per heavy atom. The molecular weight excluding hydrogens is 572 g/mol. The molecule has 4 aliphatic rings. The Labute approximate surface area is 259 Å². The molecule has 3 fully saturated rings. The van der Waals surface area contributed by atoms with E-state index in [2.05, 4.69) is 46.5 Å². The number of nitrogens with one attached hydrogen (secondary N) is 2. The SMILES string of the molecule is CC(C)n1ncc2cnc(-c3cn([C@H]4C[C@H](CNc5ccc6c(c5)C(=O)N(C5CCC(=O)NC5=O)C6=O)C4)nc3C3CC3)cc21. The summed E-state index contributed by atoms with van der Waals surface area (Å²) < 4.78 is 4.17. The molecule has 2 saturated carbocycles. The van der Waals surface area contributed by atoms with Crippen molar-refractivity contribution in [1.29, 1.82) is 0 Å². The van der Waals surface area contributed by atoms with E-state index in [0.29, 0.717) is 17.9 Å². The maximum Gasteiger partial charge on any atom is 0.262 e. The Hall–Kier alpha value is -4.87. The van der Waals surface area contributed by atoms with Crippen LogP contribution in [0.3, 0.4) is 0 Å². The van der Waals surface area contributed by atoms with Gasteiger partial charge in [0, 0.05) is 54.0 Å². The van der Waals surface area contributed by atoms with Crippen LogP contribution in [0.15, 0.2) is 42.9 Å². The van der Waals surface area contributed by atoms with E-state index in [9.17, 15) is 19.2 Å². The molecule has 0 radical (unpaired) electrons. The van der Waals surface area contributed by atoms with Crippen molar-refractivity contribution in [3.8, 4) is 11.3 Å². The topological polar surface area (TPSA) is 144 Å². The van der Waals surface area contributed by atoms with Gasteiger partial charge in [0.2, 0.25) is 11.8 Å². The molecule has 2 aliphatic heterocycles. The van der Waals surface area contributed by atoms with Crippen LogP contribution in [0.2, 0.25) is 0 Å². The van der Waals surface area contributed by atoms with Gasteiger partial charge in [-0.05, 0) is 76.1 Å². The van der Waals surface area contributed by atoms with Crippen molar-refractivity contribution >= 4 is 40.2 Å². The molecule has 4 aromatic rings. The number of rotatable bonds is 8. The highest BCUT2D eigenvalue weighted by Crippen LogP contribution is 2.46. The fourth-order valence-electron chi connectivity index (χ4n) is 6.87. The number of carbonyl (C=O) groups is 4. The van der Waals surface area contributed by atoms with Crippen LogP contribution < -0.4 is 10.6 Å². The maximum absolute atomic E-state index is 13.2. The number of anilines is 1. The van der Waals surface area contributed by atoms with Crippen molar-refractivity contribution in [2.24, 2.45) is 5.92 Å². The molecule has 4 amide bonds. The number of pyridine rings is 1. The number of fused-ring (bicyclic) bond motifs is 2. The van der Waals surface area contributed by atoms with Crippen LogP contribution in [0.1, 0.15) is 96.8 Å². The molecule has 1 unspecified atom stereocenters. The average Bonchev–Trinajstić information content (AvgIpc) is 3.52. The Bertz CT molecular complexity index is 1900. The molecule has 8 rings (SSSR count). The highest BCUT2D eigenvalue weighted by Gasteiger charge is 2.44. The number of imide groups is 2. The summed E-state index contributed by atoms with van der Waals surface area (Å²) in [4.78, 5) is 55.8. The minimum absolute atomic E-state index is 0.0954. The lowest BCUT2D eigenvalue weighted by atomic mass is 9.80. The van der Waals surface area contributed by atoms with Gasteiger partial charge in [0.25, 0.3) is 11.8 Å². The molecule has 0 spiro atoms. The Balaban J connectivity index is 0.930. The first-order valence-electron chi connectivity index (χ1n) is 15.8. The molecule has 45 heavy (non-hydrogen) atoms. The van der Waals surface area contributed by atoms with Gasteiger partial charge in [-0.1, -0.05) is 0 Å². The summed E-state index contributed by atoms with van der Waals surface area (Å²) >= 11 is 0. The fourth-order valence-corrected chi connectivity index (χ4v) is 6.87. The number of aromatic nitrogens is 5. The number of hydrogen-bond donors (Lipinski definition) is 2. The summed E-state index contributed by atoms with van der Waals surface area (Å²) in [5, 5.41) is 16.3. The van der Waals surface area contributed by atoms with E-state index < -0.39 is 29.7 Å². The van der Waals surface area contributed by atoms with Gasteiger partial charge >= 0.3 is 0 Å². The normalized spacial score (nSPS) is 23.1. The number of carbonyl (C=O) groups excluding carboxylic acids is 4. The van der Waals surface area contributed by atoms with Gasteiger partial charge in [-0.25, -0.2) is 0 Å². The predicted octanol–water partition coefficient (Wildman–Crippen LogP) is 4.22. The standard InChI is InChI=1S/C33H34N8O4/c1-17(2)41-28-12-26(35-14-20(28)15-36-41)25-16-39(38-30(25)19-3-4-19)22-9-18(10-22)13-34-21-5-6-23-24(11-21)33(45)40(32(23)44)27-7-8-29(42)37-31(27)43/h5-6,11-12,14-19,22,27,34H,3-4,7-10,13H2,1-2H3,(H,37,42,43)/t18-,22-,27?. The quantitative estimate of drug-likeness (QED) is 0.284. The van der Waals surface area contributed by atoms with Crippen LogP contribution in [0.5, 0.6) is 0 Å². The van der Waals surface area contributed by atoms with E-state index in [1.165, 1.54) is 0 Å². The van der Waals surface area contributed by atoms with Crippen molar-refractivity contribution in [2.45, 2.75) is 76.4 Å². The molecule has 12 nitrogen and oxygen atoms in total. The van der Waals surface area contributed by atoms with Crippen molar-refractivity contribution in [3.05, 3.63) is 59.7 Å². The lowest BCUT2D eigenvalue weighted by Gasteiger charge is -2.35. The van der Waals surface area contributed by atoms with E-state index >= 15 is 0 Å². The van der Waals surface area contributed by atoms with Crippen molar-refractivity contribution in [3.63, 3.8) is 0 Å². The molecule has 1 saturated heterocycles. The zero-order valence-corrected chi connectivity index (χ0v) is 25.2. The van der Waals surface area contributed by atoms with E-state index in [1.54, 1.807) is 18.2 Å². The van der Waals surface area contributed by atoms with Crippen LogP contribution in [0.25, 0.3) is 22.2 Å². The van der Waals surface area contributed by atoms with Gasteiger partial charge in [0.05, 0.1) is 40.3 Å². The Morgan fingerprint density at radius 1 is 0.978 bits per heavy atom. The first kappa shape index (κ1) is 27.7. The largest absolute Gasteiger partial charge is 0.385 e. The monoisotopic (exact) mass is 606 g/mol. The summed E-state index contributed by atoms with van der Waals surface area (Å²) in [6, 6.07) is 6.87. The molecule has 2 aliphatic carbocycles. The maximum atomic E-state index is 13.2. The minimum atomic E-state index is -0.969. The van der Waals surface area contributed by atoms with Gasteiger partial charge in [-0.3, -0.25) is 43.7 Å². The fraction of sp³-hybridized carbons (Fsp3) is 0.424. The summed E-state index contributed by atoms with van der Waals surface area (Å²) in [7, 11) is 0. The molecule has 3 aromatic heterocycles. The van der Waals surface area contributed by atoms with Gasteiger partial charge in [-0.2, -0.15) is 10.2 Å². The smallest absolute Gasteiger partial charge is 0.262 e. The van der Waals surface area contributed by atoms with Gasteiger partial charge in [0.15, 0.2) is 0 Å². The molecular formula is C33H34N8O4. The zero-order chi connectivity index (χ0) is 31.0. The average molecular weight is 607 g/mol. The second kappa shape index (κ2) is 10.4. The number of nitrogens with zero attached hydrogens (tertiary/aromatic N) is 6. The first-order chi connectivity index (χ1) is 21.7. The molecule has 2 N–H and O–H groups in total. The summed E-state index contributed by atoms with van der Waals surface area (Å²) in [6.07, 6.45) is 10.5. The van der Waals surface area contributed by atoms with Crippen molar-refractivity contribution in [1.82, 2.24) is 34.8 Å². The molecule has 0 bridgehead atoms. The lowest BCUT2D eigenvalue weighted by Crippen LogP contribution is -2.54. The lowest BCUT2D eigenvalue weighted by molar-refractivity contribution is -0.136. The molecule has 230 valence electrons. The second-order valence-electron chi connectivity index (χ2n) is 13.1. The van der Waals surface area contributed by atoms with Crippen molar-refractivity contribution < 1.29 is 19.2 Å². The second-order valence-corrected chi connectivity index (χ2v) is 13.1. The van der Waals surface area contributed by atoms with Gasteiger partial charge < -0.3 is 5.32 Å². The minimum Gasteiger partial charge on any atom is -0.385 e. The third kappa shape index (κ3) is 4.70. The first-order valence-corrected chi connectivity index (χ1v) is 15.8. The Kier molecular flexibility index (Phi) is 6.36. The summed E-state index contributed by atoms with van der Waals surface area (Å²) in [5.74, 6) is -1.07. The van der Waals surface area contributed by atoms with Gasteiger partial charge in [0.1, 0.15) is 6.04 Å².